The maximum atomic E-state index is 13.0. The van der Waals surface area contributed by atoms with Crippen molar-refractivity contribution in [2.45, 2.75) is 41.7 Å². The lowest BCUT2D eigenvalue weighted by atomic mass is 9.96. The van der Waals surface area contributed by atoms with Crippen LogP contribution in [-0.4, -0.2) is 24.6 Å². The fraction of sp³-hybridized carbons (Fsp3) is 0.385. The van der Waals surface area contributed by atoms with Gasteiger partial charge in [0.15, 0.2) is 10.0 Å². The number of halogens is 3. The summed E-state index contributed by atoms with van der Waals surface area (Å²) < 4.78 is 40.8. The predicted molar refractivity (Wildman–Crippen MR) is 80.7 cm³/mol. The van der Waals surface area contributed by atoms with Crippen molar-refractivity contribution in [3.8, 4) is 0 Å². The zero-order valence-electron chi connectivity index (χ0n) is 12.4. The van der Waals surface area contributed by atoms with Crippen molar-refractivity contribution in [1.82, 2.24) is 24.6 Å². The van der Waals surface area contributed by atoms with Gasteiger partial charge in [0.2, 0.25) is 0 Å². The van der Waals surface area contributed by atoms with E-state index in [0.717, 1.165) is 22.7 Å². The van der Waals surface area contributed by atoms with Crippen LogP contribution in [0.5, 0.6) is 0 Å². The zero-order valence-corrected chi connectivity index (χ0v) is 14.1. The van der Waals surface area contributed by atoms with Gasteiger partial charge in [0.1, 0.15) is 11.4 Å². The minimum Gasteiger partial charge on any atom is -0.237 e. The predicted octanol–water partition coefficient (Wildman–Crippen LogP) is 4.05. The van der Waals surface area contributed by atoms with E-state index in [1.807, 2.05) is 0 Å². The first kappa shape index (κ1) is 16.2. The van der Waals surface area contributed by atoms with Gasteiger partial charge in [-0.3, -0.25) is 0 Å². The van der Waals surface area contributed by atoms with Crippen molar-refractivity contribution in [3.63, 3.8) is 0 Å². The second-order valence-corrected chi connectivity index (χ2v) is 8.09. The molecule has 23 heavy (non-hydrogen) atoms. The summed E-state index contributed by atoms with van der Waals surface area (Å²) in [7, 11) is 0. The zero-order chi connectivity index (χ0) is 16.8. The molecule has 122 valence electrons. The summed E-state index contributed by atoms with van der Waals surface area (Å²) in [5.41, 5.74) is -1.05. The first-order valence-electron chi connectivity index (χ1n) is 6.57. The highest BCUT2D eigenvalue weighted by atomic mass is 32.2. The summed E-state index contributed by atoms with van der Waals surface area (Å²) in [4.78, 5) is 12.6. The largest absolute Gasteiger partial charge is 0.433 e. The Hall–Kier alpha value is -1.68. The van der Waals surface area contributed by atoms with Crippen LogP contribution in [0, 0.1) is 0 Å². The van der Waals surface area contributed by atoms with Crippen LogP contribution in [0.1, 0.15) is 31.3 Å². The van der Waals surface area contributed by atoms with Crippen LogP contribution in [-0.2, 0) is 11.6 Å². The van der Waals surface area contributed by atoms with Crippen molar-refractivity contribution >= 4 is 28.9 Å². The van der Waals surface area contributed by atoms with Gasteiger partial charge in [-0.2, -0.15) is 27.8 Å². The molecule has 0 saturated carbocycles. The Morgan fingerprint density at radius 3 is 2.52 bits per heavy atom. The number of aromatic nitrogens is 5. The van der Waals surface area contributed by atoms with E-state index in [4.69, 9.17) is 0 Å². The molecule has 3 rings (SSSR count). The molecule has 3 aromatic rings. The van der Waals surface area contributed by atoms with Gasteiger partial charge in [-0.15, -0.1) is 11.3 Å². The molecule has 0 radical (unpaired) electrons. The van der Waals surface area contributed by atoms with Crippen molar-refractivity contribution in [2.24, 2.45) is 0 Å². The highest BCUT2D eigenvalue weighted by Crippen LogP contribution is 2.37. The number of fused-ring (bicyclic) bond motifs is 1. The SMILES string of the molecule is CC(C)(C)c1cnc(Sc2cc(C(F)(F)F)nc3ncnn23)s1. The van der Waals surface area contributed by atoms with Gasteiger partial charge in [0.25, 0.3) is 5.78 Å². The van der Waals surface area contributed by atoms with E-state index in [-0.39, 0.29) is 16.2 Å². The fourth-order valence-electron chi connectivity index (χ4n) is 1.74. The minimum atomic E-state index is -4.54. The van der Waals surface area contributed by atoms with Gasteiger partial charge in [-0.05, 0) is 17.2 Å². The lowest BCUT2D eigenvalue weighted by molar-refractivity contribution is -0.141. The molecule has 3 aromatic heterocycles. The second-order valence-electron chi connectivity index (χ2n) is 5.79. The van der Waals surface area contributed by atoms with Crippen LogP contribution in [0.15, 0.2) is 28.0 Å². The summed E-state index contributed by atoms with van der Waals surface area (Å²) in [6.07, 6.45) is -1.62. The summed E-state index contributed by atoms with van der Waals surface area (Å²) in [5.74, 6) is -0.0880. The highest BCUT2D eigenvalue weighted by Gasteiger charge is 2.34. The maximum absolute atomic E-state index is 13.0. The maximum Gasteiger partial charge on any atom is 0.433 e. The molecule has 3 heterocycles. The molecule has 0 unspecified atom stereocenters. The van der Waals surface area contributed by atoms with Crippen LogP contribution >= 0.6 is 23.1 Å². The Morgan fingerprint density at radius 1 is 1.17 bits per heavy atom. The average molecular weight is 359 g/mol. The standard InChI is InChI=1S/C13H12F3N5S2/c1-12(2,3)8-5-17-11(22-8)23-9-4-7(13(14,15)16)20-10-18-6-19-21(9)10/h4-6H,1-3H3. The molecule has 0 aliphatic carbocycles. The van der Waals surface area contributed by atoms with Crippen molar-refractivity contribution in [1.29, 1.82) is 0 Å². The number of hydrogen-bond acceptors (Lipinski definition) is 6. The molecule has 0 N–H and O–H groups in total. The third-order valence-corrected chi connectivity index (χ3v) is 5.42. The summed E-state index contributed by atoms with van der Waals surface area (Å²) in [5, 5.41) is 4.20. The molecule has 0 bridgehead atoms. The van der Waals surface area contributed by atoms with Crippen LogP contribution in [0.2, 0.25) is 0 Å². The van der Waals surface area contributed by atoms with Gasteiger partial charge in [-0.25, -0.2) is 9.97 Å². The number of thiazole rings is 1. The normalized spacial score (nSPS) is 13.0. The van der Waals surface area contributed by atoms with E-state index in [1.165, 1.54) is 22.2 Å². The molecule has 0 fully saturated rings. The van der Waals surface area contributed by atoms with Crippen LogP contribution in [0.25, 0.3) is 5.78 Å². The van der Waals surface area contributed by atoms with Crippen LogP contribution in [0.3, 0.4) is 0 Å². The van der Waals surface area contributed by atoms with Gasteiger partial charge in [0.05, 0.1) is 0 Å². The van der Waals surface area contributed by atoms with Crippen LogP contribution in [0.4, 0.5) is 13.2 Å². The summed E-state index contributed by atoms with van der Waals surface area (Å²) in [6, 6.07) is 0.963. The Balaban J connectivity index is 2.02. The van der Waals surface area contributed by atoms with Gasteiger partial charge in [-0.1, -0.05) is 20.8 Å². The fourth-order valence-corrected chi connectivity index (χ4v) is 3.81. The van der Waals surface area contributed by atoms with E-state index in [9.17, 15) is 13.2 Å². The molecule has 5 nitrogen and oxygen atoms in total. The van der Waals surface area contributed by atoms with Gasteiger partial charge in [0, 0.05) is 17.1 Å². The van der Waals surface area contributed by atoms with E-state index in [2.05, 4.69) is 40.8 Å². The summed E-state index contributed by atoms with van der Waals surface area (Å²) >= 11 is 2.56. The van der Waals surface area contributed by atoms with Gasteiger partial charge >= 0.3 is 6.18 Å². The van der Waals surface area contributed by atoms with E-state index in [1.54, 1.807) is 6.20 Å². The molecule has 0 atom stereocenters. The lowest BCUT2D eigenvalue weighted by Gasteiger charge is -2.14. The first-order chi connectivity index (χ1) is 10.6. The van der Waals surface area contributed by atoms with Crippen LogP contribution < -0.4 is 0 Å². The monoisotopic (exact) mass is 359 g/mol. The lowest BCUT2D eigenvalue weighted by Crippen LogP contribution is -2.10. The molecule has 0 aliphatic rings. The Labute approximate surface area is 138 Å². The van der Waals surface area contributed by atoms with Crippen molar-refractivity contribution in [2.75, 3.05) is 0 Å². The molecule has 10 heteroatoms. The molecule has 0 spiro atoms. The number of alkyl halides is 3. The Bertz CT molecular complexity index is 847. The quantitative estimate of drug-likeness (QED) is 0.646. The number of rotatable bonds is 2. The second kappa shape index (κ2) is 5.45. The van der Waals surface area contributed by atoms with E-state index < -0.39 is 11.9 Å². The van der Waals surface area contributed by atoms with E-state index in [0.29, 0.717) is 4.34 Å². The number of nitrogens with zero attached hydrogens (tertiary/aromatic N) is 5. The minimum absolute atomic E-state index is 0.0611. The highest BCUT2D eigenvalue weighted by molar-refractivity contribution is 8.01. The number of hydrogen-bond donors (Lipinski definition) is 0. The molecule has 0 saturated heterocycles. The summed E-state index contributed by atoms with van der Waals surface area (Å²) in [6.45, 7) is 6.16. The Kier molecular flexibility index (Phi) is 3.83. The first-order valence-corrected chi connectivity index (χ1v) is 8.20. The molecular weight excluding hydrogens is 347 g/mol. The smallest absolute Gasteiger partial charge is 0.237 e. The topological polar surface area (TPSA) is 56.0 Å². The third kappa shape index (κ3) is 3.32. The van der Waals surface area contributed by atoms with Crippen molar-refractivity contribution < 1.29 is 13.2 Å². The molecule has 0 aromatic carbocycles. The van der Waals surface area contributed by atoms with E-state index >= 15 is 0 Å². The molecule has 0 aliphatic heterocycles. The van der Waals surface area contributed by atoms with Crippen molar-refractivity contribution in [3.05, 3.63) is 29.2 Å². The molecule has 0 amide bonds. The Morgan fingerprint density at radius 2 is 1.91 bits per heavy atom. The molecular formula is C13H12F3N5S2. The third-order valence-electron chi connectivity index (χ3n) is 2.93. The van der Waals surface area contributed by atoms with Gasteiger partial charge < -0.3 is 0 Å². The average Bonchev–Trinajstić information content (AvgIpc) is 3.04.